The van der Waals surface area contributed by atoms with Crippen molar-refractivity contribution in [3.8, 4) is 16.9 Å². The van der Waals surface area contributed by atoms with Crippen LogP contribution < -0.4 is 10.1 Å². The molecule has 4 aromatic rings. The van der Waals surface area contributed by atoms with Crippen LogP contribution in [0.5, 0.6) is 5.75 Å². The topological polar surface area (TPSA) is 68.5 Å². The van der Waals surface area contributed by atoms with E-state index in [0.29, 0.717) is 23.4 Å². The average Bonchev–Trinajstić information content (AvgIpc) is 3.53. The number of nitrogens with one attached hydrogen (secondary N) is 1. The summed E-state index contributed by atoms with van der Waals surface area (Å²) in [5.74, 6) is -0.00437. The molecule has 0 atom stereocenters. The Morgan fingerprint density at radius 2 is 1.97 bits per heavy atom. The highest BCUT2D eigenvalue weighted by atomic mass is 19.1. The van der Waals surface area contributed by atoms with Gasteiger partial charge in [0.15, 0.2) is 17.2 Å². The molecule has 0 aliphatic heterocycles. The van der Waals surface area contributed by atoms with E-state index in [9.17, 15) is 9.18 Å². The first-order chi connectivity index (χ1) is 14.7. The number of nitrogens with zero attached hydrogens (tertiary/aromatic N) is 3. The van der Waals surface area contributed by atoms with E-state index in [0.717, 1.165) is 18.4 Å². The number of halogens is 1. The van der Waals surface area contributed by atoms with Crippen LogP contribution in [0.2, 0.25) is 0 Å². The first kappa shape index (κ1) is 18.3. The van der Waals surface area contributed by atoms with Crippen LogP contribution in [0.25, 0.3) is 16.8 Å². The summed E-state index contributed by atoms with van der Waals surface area (Å²) in [5.41, 5.74) is 2.87. The van der Waals surface area contributed by atoms with E-state index in [1.165, 1.54) is 6.07 Å². The van der Waals surface area contributed by atoms with Crippen molar-refractivity contribution in [3.05, 3.63) is 78.2 Å². The number of carbonyl (C=O) groups excluding carboxylic acids is 1. The van der Waals surface area contributed by atoms with Gasteiger partial charge in [0, 0.05) is 17.7 Å². The molecule has 1 fully saturated rings. The number of benzene rings is 2. The van der Waals surface area contributed by atoms with Crippen LogP contribution in [0.4, 0.5) is 10.3 Å². The fourth-order valence-electron chi connectivity index (χ4n) is 3.26. The maximum atomic E-state index is 14.7. The van der Waals surface area contributed by atoms with Crippen LogP contribution in [-0.4, -0.2) is 20.5 Å². The number of amides is 1. The van der Waals surface area contributed by atoms with Gasteiger partial charge >= 0.3 is 0 Å². The number of pyridine rings is 1. The second-order valence-electron chi connectivity index (χ2n) is 7.31. The summed E-state index contributed by atoms with van der Waals surface area (Å²) in [5, 5.41) is 7.06. The fraction of sp³-hybridized carbons (Fsp3) is 0.174. The zero-order valence-electron chi connectivity index (χ0n) is 16.1. The van der Waals surface area contributed by atoms with Crippen molar-refractivity contribution in [2.75, 3.05) is 5.32 Å². The van der Waals surface area contributed by atoms with Crippen molar-refractivity contribution in [2.24, 2.45) is 5.92 Å². The quantitative estimate of drug-likeness (QED) is 0.517. The lowest BCUT2D eigenvalue weighted by Gasteiger charge is -2.09. The van der Waals surface area contributed by atoms with Gasteiger partial charge in [0.05, 0.1) is 0 Å². The van der Waals surface area contributed by atoms with Gasteiger partial charge in [0.1, 0.15) is 6.61 Å². The van der Waals surface area contributed by atoms with Gasteiger partial charge in [-0.25, -0.2) is 8.91 Å². The minimum absolute atomic E-state index is 0.0570. The molecule has 30 heavy (non-hydrogen) atoms. The molecule has 0 spiro atoms. The van der Waals surface area contributed by atoms with Gasteiger partial charge in [-0.05, 0) is 48.2 Å². The summed E-state index contributed by atoms with van der Waals surface area (Å²) in [7, 11) is 0. The van der Waals surface area contributed by atoms with Crippen molar-refractivity contribution >= 4 is 17.5 Å². The highest BCUT2D eigenvalue weighted by Gasteiger charge is 2.30. The first-order valence-corrected chi connectivity index (χ1v) is 9.80. The van der Waals surface area contributed by atoms with Crippen molar-refractivity contribution in [3.63, 3.8) is 0 Å². The molecule has 0 unspecified atom stereocenters. The van der Waals surface area contributed by atoms with Crippen LogP contribution in [0.15, 0.2) is 66.9 Å². The van der Waals surface area contributed by atoms with E-state index in [2.05, 4.69) is 15.4 Å². The summed E-state index contributed by atoms with van der Waals surface area (Å²) >= 11 is 0. The van der Waals surface area contributed by atoms with Gasteiger partial charge in [-0.3, -0.25) is 10.1 Å². The Morgan fingerprint density at radius 1 is 1.13 bits per heavy atom. The van der Waals surface area contributed by atoms with E-state index in [1.807, 2.05) is 36.4 Å². The molecule has 2 heterocycles. The molecule has 2 aromatic heterocycles. The molecule has 1 N–H and O–H groups in total. The molecular formula is C23H19FN4O2. The Balaban J connectivity index is 1.39. The molecule has 1 aliphatic rings. The smallest absolute Gasteiger partial charge is 0.249 e. The number of anilines is 1. The first-order valence-electron chi connectivity index (χ1n) is 9.80. The van der Waals surface area contributed by atoms with Gasteiger partial charge in [-0.2, -0.15) is 4.98 Å². The maximum absolute atomic E-state index is 14.7. The zero-order valence-corrected chi connectivity index (χ0v) is 16.1. The number of aromatic nitrogens is 3. The van der Waals surface area contributed by atoms with Gasteiger partial charge < -0.3 is 4.74 Å². The predicted molar refractivity (Wildman–Crippen MR) is 111 cm³/mol. The molecule has 150 valence electrons. The molecule has 1 aliphatic carbocycles. The molecule has 0 radical (unpaired) electrons. The molecule has 5 rings (SSSR count). The average molecular weight is 402 g/mol. The predicted octanol–water partition coefficient (Wildman–Crippen LogP) is 4.46. The van der Waals surface area contributed by atoms with Gasteiger partial charge in [0.25, 0.3) is 0 Å². The molecular weight excluding hydrogens is 383 g/mol. The molecule has 7 heteroatoms. The lowest BCUT2D eigenvalue weighted by atomic mass is 10.1. The van der Waals surface area contributed by atoms with Gasteiger partial charge in [0.2, 0.25) is 11.9 Å². The number of hydrogen-bond acceptors (Lipinski definition) is 4. The Bertz CT molecular complexity index is 1220. The third-order valence-corrected chi connectivity index (χ3v) is 5.03. The Kier molecular flexibility index (Phi) is 4.63. The van der Waals surface area contributed by atoms with Gasteiger partial charge in [-0.1, -0.05) is 36.4 Å². The van der Waals surface area contributed by atoms with Crippen LogP contribution >= 0.6 is 0 Å². The summed E-state index contributed by atoms with van der Waals surface area (Å²) in [6, 6.07) is 18.1. The molecule has 0 saturated heterocycles. The normalized spacial score (nSPS) is 13.4. The lowest BCUT2D eigenvalue weighted by molar-refractivity contribution is -0.117. The second-order valence-corrected chi connectivity index (χ2v) is 7.31. The molecule has 1 amide bonds. The maximum Gasteiger partial charge on any atom is 0.249 e. The summed E-state index contributed by atoms with van der Waals surface area (Å²) in [6.07, 6.45) is 3.55. The van der Waals surface area contributed by atoms with Crippen LogP contribution in [0.3, 0.4) is 0 Å². The van der Waals surface area contributed by atoms with Crippen molar-refractivity contribution in [1.82, 2.24) is 14.6 Å². The number of fused-ring (bicyclic) bond motifs is 1. The van der Waals surface area contributed by atoms with Crippen molar-refractivity contribution in [1.29, 1.82) is 0 Å². The summed E-state index contributed by atoms with van der Waals surface area (Å²) in [4.78, 5) is 16.4. The van der Waals surface area contributed by atoms with Gasteiger partial charge in [-0.15, -0.1) is 5.10 Å². The van der Waals surface area contributed by atoms with E-state index in [4.69, 9.17) is 4.74 Å². The standard InChI is InChI=1S/C23H19FN4O2/c24-19-13-17(10-11-20(19)30-14-15-5-2-1-3-6-15)18-7-4-12-28-21(18)25-23(27-28)26-22(29)16-8-9-16/h1-7,10-13,16H,8-9,14H2,(H,26,27,29). The lowest BCUT2D eigenvalue weighted by Crippen LogP contribution is -2.14. The molecule has 6 nitrogen and oxygen atoms in total. The SMILES string of the molecule is O=C(Nc1nc2c(-c3ccc(OCc4ccccc4)c(F)c3)cccn2n1)C1CC1. The second kappa shape index (κ2) is 7.59. The Hall–Kier alpha value is -3.74. The number of ether oxygens (including phenoxy) is 1. The summed E-state index contributed by atoms with van der Waals surface area (Å²) < 4.78 is 21.9. The number of hydrogen-bond donors (Lipinski definition) is 1. The van der Waals surface area contributed by atoms with E-state index in [1.54, 1.807) is 28.9 Å². The fourth-order valence-corrected chi connectivity index (χ4v) is 3.26. The third-order valence-electron chi connectivity index (χ3n) is 5.03. The summed E-state index contributed by atoms with van der Waals surface area (Å²) in [6.45, 7) is 0.293. The molecule has 2 aromatic carbocycles. The van der Waals surface area contributed by atoms with E-state index in [-0.39, 0.29) is 23.5 Å². The monoisotopic (exact) mass is 402 g/mol. The van der Waals surface area contributed by atoms with E-state index >= 15 is 0 Å². The molecule has 1 saturated carbocycles. The zero-order chi connectivity index (χ0) is 20.5. The molecule has 0 bridgehead atoms. The van der Waals surface area contributed by atoms with Crippen LogP contribution in [0.1, 0.15) is 18.4 Å². The number of rotatable bonds is 6. The van der Waals surface area contributed by atoms with E-state index < -0.39 is 5.82 Å². The van der Waals surface area contributed by atoms with Crippen molar-refractivity contribution in [2.45, 2.75) is 19.4 Å². The largest absolute Gasteiger partial charge is 0.486 e. The minimum Gasteiger partial charge on any atom is -0.486 e. The Morgan fingerprint density at radius 3 is 2.73 bits per heavy atom. The van der Waals surface area contributed by atoms with Crippen molar-refractivity contribution < 1.29 is 13.9 Å². The highest BCUT2D eigenvalue weighted by molar-refractivity contribution is 5.93. The van der Waals surface area contributed by atoms with Crippen LogP contribution in [0, 0.1) is 11.7 Å². The Labute approximate surface area is 172 Å². The third kappa shape index (κ3) is 3.74. The van der Waals surface area contributed by atoms with Crippen LogP contribution in [-0.2, 0) is 11.4 Å². The number of carbonyl (C=O) groups is 1. The minimum atomic E-state index is -0.452. The highest BCUT2D eigenvalue weighted by Crippen LogP contribution is 2.31.